The zero-order chi connectivity index (χ0) is 11.5. The van der Waals surface area contributed by atoms with Crippen molar-refractivity contribution in [3.05, 3.63) is 0 Å². The van der Waals surface area contributed by atoms with E-state index in [4.69, 9.17) is 4.74 Å². The molecule has 1 N–H and O–H groups in total. The third-order valence-corrected chi connectivity index (χ3v) is 6.04. The van der Waals surface area contributed by atoms with Gasteiger partial charge in [-0.05, 0) is 75.0 Å². The first-order valence-electron chi connectivity index (χ1n) is 7.58. The average molecular weight is 236 g/mol. The van der Waals surface area contributed by atoms with Crippen LogP contribution in [0.15, 0.2) is 0 Å². The highest BCUT2D eigenvalue weighted by molar-refractivity contribution is 5.01. The highest BCUT2D eigenvalue weighted by atomic mass is 16.5. The number of fused-ring (bicyclic) bond motifs is 1. The lowest BCUT2D eigenvalue weighted by molar-refractivity contribution is -0.161. The Bertz CT molecular complexity index is 300. The first-order valence-corrected chi connectivity index (χ1v) is 7.58. The van der Waals surface area contributed by atoms with Crippen molar-refractivity contribution in [1.29, 1.82) is 0 Å². The summed E-state index contributed by atoms with van der Waals surface area (Å²) in [4.78, 5) is 0. The second kappa shape index (κ2) is 3.71. The second-order valence-electron chi connectivity index (χ2n) is 7.12. The van der Waals surface area contributed by atoms with E-state index in [1.54, 1.807) is 0 Å². The monoisotopic (exact) mass is 236 g/mol. The molecule has 2 nitrogen and oxygen atoms in total. The molecule has 1 spiro atoms. The molecule has 4 rings (SSSR count). The Morgan fingerprint density at radius 3 is 2.47 bits per heavy atom. The summed E-state index contributed by atoms with van der Waals surface area (Å²) in [6.45, 7) is 0.890. The van der Waals surface area contributed by atoms with Gasteiger partial charge in [0.25, 0.3) is 0 Å². The topological polar surface area (TPSA) is 29.5 Å². The van der Waals surface area contributed by atoms with E-state index < -0.39 is 0 Å². The number of rotatable bonds is 2. The Hall–Kier alpha value is -0.0800. The van der Waals surface area contributed by atoms with Gasteiger partial charge in [-0.2, -0.15) is 0 Å². The maximum absolute atomic E-state index is 10.6. The van der Waals surface area contributed by atoms with Gasteiger partial charge in [-0.1, -0.05) is 0 Å². The lowest BCUT2D eigenvalue weighted by Gasteiger charge is -2.48. The van der Waals surface area contributed by atoms with Crippen LogP contribution in [0.5, 0.6) is 0 Å². The number of hydrogen-bond donors (Lipinski definition) is 1. The summed E-state index contributed by atoms with van der Waals surface area (Å²) < 4.78 is 5.96. The Kier molecular flexibility index (Phi) is 2.36. The Morgan fingerprint density at radius 2 is 1.82 bits per heavy atom. The maximum atomic E-state index is 10.6. The standard InChI is InChI=1S/C15H24O2/c16-14(13-7-11-6-12(11)8-13)10-2-5-17-15(9-10)3-1-4-15/h10-14,16H,1-9H2. The normalized spacial score (nSPS) is 48.5. The maximum Gasteiger partial charge on any atom is 0.0686 e. The van der Waals surface area contributed by atoms with Crippen LogP contribution >= 0.6 is 0 Å². The van der Waals surface area contributed by atoms with Gasteiger partial charge in [0.2, 0.25) is 0 Å². The van der Waals surface area contributed by atoms with Crippen LogP contribution in [0.1, 0.15) is 51.4 Å². The summed E-state index contributed by atoms with van der Waals surface area (Å²) >= 11 is 0. The lowest BCUT2D eigenvalue weighted by atomic mass is 9.69. The minimum atomic E-state index is -0.0239. The number of aliphatic hydroxyl groups is 1. The van der Waals surface area contributed by atoms with Gasteiger partial charge >= 0.3 is 0 Å². The highest BCUT2D eigenvalue weighted by Crippen LogP contribution is 2.56. The average Bonchev–Trinajstić information content (AvgIpc) is 2.93. The molecule has 0 aromatic carbocycles. The van der Waals surface area contributed by atoms with Gasteiger partial charge in [-0.25, -0.2) is 0 Å². The molecule has 4 unspecified atom stereocenters. The molecule has 1 saturated heterocycles. The minimum Gasteiger partial charge on any atom is -0.393 e. The molecule has 2 heteroatoms. The fourth-order valence-corrected chi connectivity index (χ4v) is 4.70. The molecular weight excluding hydrogens is 212 g/mol. The van der Waals surface area contributed by atoms with Crippen LogP contribution in [-0.2, 0) is 4.74 Å². The van der Waals surface area contributed by atoms with Gasteiger partial charge in [-0.15, -0.1) is 0 Å². The molecule has 0 amide bonds. The molecular formula is C15H24O2. The summed E-state index contributed by atoms with van der Waals surface area (Å²) in [5, 5.41) is 10.6. The van der Waals surface area contributed by atoms with E-state index in [1.165, 1.54) is 38.5 Å². The molecule has 3 aliphatic carbocycles. The largest absolute Gasteiger partial charge is 0.393 e. The molecule has 1 aliphatic heterocycles. The van der Waals surface area contributed by atoms with Crippen molar-refractivity contribution in [3.8, 4) is 0 Å². The van der Waals surface area contributed by atoms with Gasteiger partial charge in [-0.3, -0.25) is 0 Å². The molecule has 0 bridgehead atoms. The second-order valence-corrected chi connectivity index (χ2v) is 7.12. The van der Waals surface area contributed by atoms with Gasteiger partial charge in [0, 0.05) is 6.61 Å². The van der Waals surface area contributed by atoms with E-state index >= 15 is 0 Å². The smallest absolute Gasteiger partial charge is 0.0686 e. The van der Waals surface area contributed by atoms with E-state index in [9.17, 15) is 5.11 Å². The summed E-state index contributed by atoms with van der Waals surface area (Å²) in [7, 11) is 0. The van der Waals surface area contributed by atoms with Crippen molar-refractivity contribution in [2.45, 2.75) is 63.1 Å². The fourth-order valence-electron chi connectivity index (χ4n) is 4.70. The SMILES string of the molecule is OC(C1CC2CC2C1)C1CCOC2(CCC2)C1. The van der Waals surface area contributed by atoms with Crippen molar-refractivity contribution in [3.63, 3.8) is 0 Å². The predicted octanol–water partition coefficient (Wildman–Crippen LogP) is 2.74. The summed E-state index contributed by atoms with van der Waals surface area (Å²) in [5.74, 6) is 3.14. The summed E-state index contributed by atoms with van der Waals surface area (Å²) in [6.07, 6.45) is 10.1. The quantitative estimate of drug-likeness (QED) is 0.799. The van der Waals surface area contributed by atoms with E-state index in [2.05, 4.69) is 0 Å². The van der Waals surface area contributed by atoms with Crippen molar-refractivity contribution < 1.29 is 9.84 Å². The molecule has 1 heterocycles. The van der Waals surface area contributed by atoms with Crippen LogP contribution in [0.2, 0.25) is 0 Å². The molecule has 4 fully saturated rings. The van der Waals surface area contributed by atoms with E-state index in [0.717, 1.165) is 31.3 Å². The Labute approximate surface area is 104 Å². The van der Waals surface area contributed by atoms with E-state index in [1.807, 2.05) is 0 Å². The van der Waals surface area contributed by atoms with Crippen molar-refractivity contribution in [2.75, 3.05) is 6.61 Å². The first-order chi connectivity index (χ1) is 8.26. The molecule has 4 atom stereocenters. The van der Waals surface area contributed by atoms with Crippen LogP contribution in [0.3, 0.4) is 0 Å². The molecule has 0 radical (unpaired) electrons. The van der Waals surface area contributed by atoms with Crippen molar-refractivity contribution in [2.24, 2.45) is 23.7 Å². The zero-order valence-corrected chi connectivity index (χ0v) is 10.6. The molecule has 4 aliphatic rings. The van der Waals surface area contributed by atoms with Gasteiger partial charge < -0.3 is 9.84 Å². The Balaban J connectivity index is 1.40. The van der Waals surface area contributed by atoms with Crippen LogP contribution in [0.25, 0.3) is 0 Å². The van der Waals surface area contributed by atoms with Crippen molar-refractivity contribution in [1.82, 2.24) is 0 Å². The van der Waals surface area contributed by atoms with Crippen LogP contribution in [-0.4, -0.2) is 23.4 Å². The van der Waals surface area contributed by atoms with Crippen molar-refractivity contribution >= 4 is 0 Å². The molecule has 3 saturated carbocycles. The van der Waals surface area contributed by atoms with Crippen LogP contribution in [0, 0.1) is 23.7 Å². The molecule has 0 aromatic rings. The number of hydrogen-bond acceptors (Lipinski definition) is 2. The third-order valence-electron chi connectivity index (χ3n) is 6.04. The van der Waals surface area contributed by atoms with Crippen LogP contribution in [0.4, 0.5) is 0 Å². The number of aliphatic hydroxyl groups excluding tert-OH is 1. The summed E-state index contributed by atoms with van der Waals surface area (Å²) in [5.41, 5.74) is 0.200. The molecule has 17 heavy (non-hydrogen) atoms. The van der Waals surface area contributed by atoms with Gasteiger partial charge in [0.15, 0.2) is 0 Å². The van der Waals surface area contributed by atoms with E-state index in [0.29, 0.717) is 11.8 Å². The fraction of sp³-hybridized carbons (Fsp3) is 1.00. The molecule has 0 aromatic heterocycles. The van der Waals surface area contributed by atoms with Gasteiger partial charge in [0.05, 0.1) is 11.7 Å². The highest BCUT2D eigenvalue weighted by Gasteiger charge is 2.51. The third kappa shape index (κ3) is 1.76. The zero-order valence-electron chi connectivity index (χ0n) is 10.6. The Morgan fingerprint density at radius 1 is 1.06 bits per heavy atom. The first kappa shape index (κ1) is 10.8. The predicted molar refractivity (Wildman–Crippen MR) is 65.6 cm³/mol. The minimum absolute atomic E-state index is 0.0239. The van der Waals surface area contributed by atoms with Gasteiger partial charge in [0.1, 0.15) is 0 Å². The van der Waals surface area contributed by atoms with E-state index in [-0.39, 0.29) is 11.7 Å². The molecule has 96 valence electrons. The lowest BCUT2D eigenvalue weighted by Crippen LogP contribution is -2.48. The summed E-state index contributed by atoms with van der Waals surface area (Å²) in [6, 6.07) is 0. The number of ether oxygens (including phenoxy) is 1. The van der Waals surface area contributed by atoms with Crippen LogP contribution < -0.4 is 0 Å².